The molecule has 2 N–H and O–H groups in total. The number of carbonyl (C=O) groups excluding carboxylic acids is 2. The highest BCUT2D eigenvalue weighted by atomic mass is 16.2. The first-order valence-corrected chi connectivity index (χ1v) is 9.24. The number of benzene rings is 2. The minimum absolute atomic E-state index is 0.0454. The summed E-state index contributed by atoms with van der Waals surface area (Å²) in [6, 6.07) is 18.3. The Bertz CT molecular complexity index is 894. The monoisotopic (exact) mass is 374 g/mol. The summed E-state index contributed by atoms with van der Waals surface area (Å²) in [7, 11) is 0. The lowest BCUT2D eigenvalue weighted by molar-refractivity contribution is -0.126. The fraction of sp³-hybridized carbons (Fsp3) is 0.227. The first kappa shape index (κ1) is 19.2. The zero-order valence-corrected chi connectivity index (χ0v) is 15.5. The quantitative estimate of drug-likeness (QED) is 0.805. The molecule has 1 fully saturated rings. The predicted octanol–water partition coefficient (Wildman–Crippen LogP) is 3.38. The number of anilines is 1. The van der Waals surface area contributed by atoms with Crippen LogP contribution in [0.3, 0.4) is 0 Å². The van der Waals surface area contributed by atoms with E-state index in [9.17, 15) is 9.59 Å². The number of carbonyl (C=O) groups is 2. The second-order valence-corrected chi connectivity index (χ2v) is 6.63. The summed E-state index contributed by atoms with van der Waals surface area (Å²) in [5.41, 5.74) is 2.13. The van der Waals surface area contributed by atoms with E-state index in [0.717, 1.165) is 11.3 Å². The molecule has 142 valence electrons. The van der Waals surface area contributed by atoms with Crippen molar-refractivity contribution in [3.05, 3.63) is 71.8 Å². The summed E-state index contributed by atoms with van der Waals surface area (Å²) in [6.45, 7) is 1.19. The van der Waals surface area contributed by atoms with Crippen LogP contribution in [0.15, 0.2) is 60.7 Å². The van der Waals surface area contributed by atoms with Gasteiger partial charge in [-0.05, 0) is 48.7 Å². The van der Waals surface area contributed by atoms with E-state index < -0.39 is 0 Å². The van der Waals surface area contributed by atoms with Gasteiger partial charge in [0.1, 0.15) is 0 Å². The molecule has 28 heavy (non-hydrogen) atoms. The standard InChI is InChI=1S/C22H22N4O2/c23-16-18-6-4-5-17(15-18)9-10-21(27)26-13-11-20(12-14-26)25-22(28)24-19-7-2-1-3-8-19/h1-10,15,20H,11-14H2,(H2,24,25,28)/b10-9+. The van der Waals surface area contributed by atoms with E-state index in [4.69, 9.17) is 5.26 Å². The lowest BCUT2D eigenvalue weighted by Gasteiger charge is -2.31. The Morgan fingerprint density at radius 2 is 1.82 bits per heavy atom. The van der Waals surface area contributed by atoms with E-state index in [2.05, 4.69) is 16.7 Å². The van der Waals surface area contributed by atoms with Crippen LogP contribution in [0.5, 0.6) is 0 Å². The molecule has 6 nitrogen and oxygen atoms in total. The number of para-hydroxylation sites is 1. The van der Waals surface area contributed by atoms with Crippen LogP contribution >= 0.6 is 0 Å². The van der Waals surface area contributed by atoms with Crippen LogP contribution in [0.2, 0.25) is 0 Å². The van der Waals surface area contributed by atoms with E-state index in [1.165, 1.54) is 6.08 Å². The van der Waals surface area contributed by atoms with E-state index in [0.29, 0.717) is 31.5 Å². The maximum absolute atomic E-state index is 12.4. The number of likely N-dealkylation sites (tertiary alicyclic amines) is 1. The molecule has 0 atom stereocenters. The minimum Gasteiger partial charge on any atom is -0.339 e. The Morgan fingerprint density at radius 1 is 1.07 bits per heavy atom. The van der Waals surface area contributed by atoms with Crippen molar-refractivity contribution in [3.63, 3.8) is 0 Å². The lowest BCUT2D eigenvalue weighted by atomic mass is 10.0. The van der Waals surface area contributed by atoms with Crippen LogP contribution < -0.4 is 10.6 Å². The largest absolute Gasteiger partial charge is 0.339 e. The number of amides is 3. The van der Waals surface area contributed by atoms with Crippen molar-refractivity contribution in [2.45, 2.75) is 18.9 Å². The molecule has 1 aliphatic heterocycles. The average Bonchev–Trinajstić information content (AvgIpc) is 2.73. The van der Waals surface area contributed by atoms with Crippen LogP contribution in [0.4, 0.5) is 10.5 Å². The van der Waals surface area contributed by atoms with Gasteiger partial charge in [0.2, 0.25) is 5.91 Å². The van der Waals surface area contributed by atoms with Gasteiger partial charge < -0.3 is 15.5 Å². The summed E-state index contributed by atoms with van der Waals surface area (Å²) < 4.78 is 0. The molecular formula is C22H22N4O2. The predicted molar refractivity (Wildman–Crippen MR) is 108 cm³/mol. The highest BCUT2D eigenvalue weighted by molar-refractivity contribution is 5.92. The first-order valence-electron chi connectivity index (χ1n) is 9.24. The summed E-state index contributed by atoms with van der Waals surface area (Å²) in [6.07, 6.45) is 4.69. The molecule has 0 unspecified atom stereocenters. The van der Waals surface area contributed by atoms with Crippen molar-refractivity contribution in [1.29, 1.82) is 5.26 Å². The van der Waals surface area contributed by atoms with E-state index >= 15 is 0 Å². The SMILES string of the molecule is N#Cc1cccc(/C=C/C(=O)N2CCC(NC(=O)Nc3ccccc3)CC2)c1. The van der Waals surface area contributed by atoms with Gasteiger partial charge in [-0.2, -0.15) is 5.26 Å². The van der Waals surface area contributed by atoms with Gasteiger partial charge in [-0.1, -0.05) is 30.3 Å². The minimum atomic E-state index is -0.228. The summed E-state index contributed by atoms with van der Waals surface area (Å²) in [5.74, 6) is -0.0606. The fourth-order valence-corrected chi connectivity index (χ4v) is 3.10. The van der Waals surface area contributed by atoms with Gasteiger partial charge in [-0.25, -0.2) is 4.79 Å². The smallest absolute Gasteiger partial charge is 0.319 e. The molecule has 1 heterocycles. The molecule has 1 saturated heterocycles. The summed E-state index contributed by atoms with van der Waals surface area (Å²) in [5, 5.41) is 14.7. The Hall–Kier alpha value is -3.59. The van der Waals surface area contributed by atoms with Crippen molar-refractivity contribution >= 4 is 23.7 Å². The van der Waals surface area contributed by atoms with Crippen molar-refractivity contribution < 1.29 is 9.59 Å². The Labute approximate surface area is 164 Å². The van der Waals surface area contributed by atoms with Gasteiger partial charge in [0, 0.05) is 30.9 Å². The maximum Gasteiger partial charge on any atom is 0.319 e. The summed E-state index contributed by atoms with van der Waals surface area (Å²) >= 11 is 0. The first-order chi connectivity index (χ1) is 13.6. The number of piperidine rings is 1. The van der Waals surface area contributed by atoms with Crippen molar-refractivity contribution in [2.24, 2.45) is 0 Å². The highest BCUT2D eigenvalue weighted by Crippen LogP contribution is 2.13. The normalized spacial score (nSPS) is 14.5. The molecule has 2 aromatic rings. The van der Waals surface area contributed by atoms with E-state index in [1.807, 2.05) is 36.4 Å². The highest BCUT2D eigenvalue weighted by Gasteiger charge is 2.22. The Morgan fingerprint density at radius 3 is 2.54 bits per heavy atom. The molecule has 0 bridgehead atoms. The number of nitrogens with one attached hydrogen (secondary N) is 2. The zero-order chi connectivity index (χ0) is 19.8. The molecule has 6 heteroatoms. The number of nitriles is 1. The van der Waals surface area contributed by atoms with Gasteiger partial charge in [0.05, 0.1) is 11.6 Å². The molecule has 0 aliphatic carbocycles. The van der Waals surface area contributed by atoms with Gasteiger partial charge in [0.25, 0.3) is 0 Å². The second kappa shape index (κ2) is 9.38. The molecule has 0 radical (unpaired) electrons. The third-order valence-electron chi connectivity index (χ3n) is 4.61. The number of nitrogens with zero attached hydrogens (tertiary/aromatic N) is 2. The number of rotatable bonds is 4. The van der Waals surface area contributed by atoms with Crippen molar-refractivity contribution in [2.75, 3.05) is 18.4 Å². The van der Waals surface area contributed by atoms with Crippen molar-refractivity contribution in [3.8, 4) is 6.07 Å². The molecule has 1 aliphatic rings. The second-order valence-electron chi connectivity index (χ2n) is 6.63. The molecule has 3 rings (SSSR count). The lowest BCUT2D eigenvalue weighted by Crippen LogP contribution is -2.47. The number of hydrogen-bond donors (Lipinski definition) is 2. The van der Waals surface area contributed by atoms with Gasteiger partial charge in [-0.15, -0.1) is 0 Å². The molecule has 3 amide bonds. The van der Waals surface area contributed by atoms with Crippen LogP contribution in [-0.2, 0) is 4.79 Å². The molecule has 2 aromatic carbocycles. The third-order valence-corrected chi connectivity index (χ3v) is 4.61. The Kier molecular flexibility index (Phi) is 6.42. The molecule has 0 saturated carbocycles. The van der Waals surface area contributed by atoms with E-state index in [-0.39, 0.29) is 18.0 Å². The average molecular weight is 374 g/mol. The number of hydrogen-bond acceptors (Lipinski definition) is 3. The van der Waals surface area contributed by atoms with Gasteiger partial charge in [0.15, 0.2) is 0 Å². The van der Waals surface area contributed by atoms with Gasteiger partial charge >= 0.3 is 6.03 Å². The summed E-state index contributed by atoms with van der Waals surface area (Å²) in [4.78, 5) is 26.2. The maximum atomic E-state index is 12.4. The molecule has 0 spiro atoms. The van der Waals surface area contributed by atoms with Crippen LogP contribution in [0, 0.1) is 11.3 Å². The van der Waals surface area contributed by atoms with Crippen molar-refractivity contribution in [1.82, 2.24) is 10.2 Å². The fourth-order valence-electron chi connectivity index (χ4n) is 3.10. The van der Waals surface area contributed by atoms with Crippen LogP contribution in [0.1, 0.15) is 24.0 Å². The topological polar surface area (TPSA) is 85.2 Å². The number of urea groups is 1. The van der Waals surface area contributed by atoms with Crippen LogP contribution in [-0.4, -0.2) is 36.0 Å². The zero-order valence-electron chi connectivity index (χ0n) is 15.5. The van der Waals surface area contributed by atoms with Gasteiger partial charge in [-0.3, -0.25) is 4.79 Å². The van der Waals surface area contributed by atoms with Crippen LogP contribution in [0.25, 0.3) is 6.08 Å². The molecule has 0 aromatic heterocycles. The molecular weight excluding hydrogens is 352 g/mol. The van der Waals surface area contributed by atoms with E-state index in [1.54, 1.807) is 29.2 Å². The third kappa shape index (κ3) is 5.45. The Balaban J connectivity index is 1.45.